The second-order valence-corrected chi connectivity index (χ2v) is 3.95. The van der Waals surface area contributed by atoms with E-state index in [0.29, 0.717) is 6.61 Å². The van der Waals surface area contributed by atoms with Crippen LogP contribution >= 0.6 is 11.6 Å². The fourth-order valence-electron chi connectivity index (χ4n) is 0.949. The summed E-state index contributed by atoms with van der Waals surface area (Å²) in [7, 11) is 0. The minimum atomic E-state index is -3.69. The first-order valence-electron chi connectivity index (χ1n) is 4.55. The second kappa shape index (κ2) is 4.60. The molecular formula is C8H12ClF2N3O2. The van der Waals surface area contributed by atoms with E-state index in [9.17, 15) is 8.78 Å². The molecule has 0 saturated heterocycles. The van der Waals surface area contributed by atoms with Crippen molar-refractivity contribution in [1.82, 2.24) is 10.1 Å². The van der Waals surface area contributed by atoms with E-state index in [2.05, 4.69) is 14.7 Å². The summed E-state index contributed by atoms with van der Waals surface area (Å²) < 4.78 is 34.6. The predicted octanol–water partition coefficient (Wildman–Crippen LogP) is 1.57. The average molecular weight is 256 g/mol. The Morgan fingerprint density at radius 3 is 2.62 bits per heavy atom. The van der Waals surface area contributed by atoms with Gasteiger partial charge in [-0.3, -0.25) is 0 Å². The molecule has 1 heterocycles. The molecule has 8 heteroatoms. The molecule has 0 bridgehead atoms. The van der Waals surface area contributed by atoms with Gasteiger partial charge in [0, 0.05) is 6.61 Å². The van der Waals surface area contributed by atoms with Crippen LogP contribution in [0.25, 0.3) is 0 Å². The highest BCUT2D eigenvalue weighted by Crippen LogP contribution is 2.31. The van der Waals surface area contributed by atoms with Crippen molar-refractivity contribution in [3.63, 3.8) is 0 Å². The van der Waals surface area contributed by atoms with Crippen LogP contribution in [0, 0.1) is 0 Å². The molecule has 0 aliphatic carbocycles. The van der Waals surface area contributed by atoms with Crippen molar-refractivity contribution >= 4 is 11.6 Å². The number of rotatable bonds is 5. The number of alkyl halides is 3. The standard InChI is InChI=1S/C8H12ClF2N3O2/c1-3-15-4-7(2,12)5-13-6(16-14-5)8(9,10)11/h3-4,12H2,1-2H3. The smallest absolute Gasteiger partial charge is 0.379 e. The summed E-state index contributed by atoms with van der Waals surface area (Å²) >= 11 is 4.72. The Bertz CT molecular complexity index is 351. The Kier molecular flexibility index (Phi) is 3.82. The topological polar surface area (TPSA) is 74.2 Å². The van der Waals surface area contributed by atoms with Gasteiger partial charge in [0.15, 0.2) is 5.82 Å². The molecule has 16 heavy (non-hydrogen) atoms. The zero-order chi connectivity index (χ0) is 12.4. The first-order chi connectivity index (χ1) is 7.27. The molecule has 1 aromatic heterocycles. The summed E-state index contributed by atoms with van der Waals surface area (Å²) in [6.07, 6.45) is 0. The Morgan fingerprint density at radius 2 is 2.19 bits per heavy atom. The van der Waals surface area contributed by atoms with Gasteiger partial charge in [-0.15, -0.1) is 0 Å². The van der Waals surface area contributed by atoms with Crippen molar-refractivity contribution < 1.29 is 18.0 Å². The van der Waals surface area contributed by atoms with Gasteiger partial charge < -0.3 is 15.0 Å². The van der Waals surface area contributed by atoms with Gasteiger partial charge in [0.2, 0.25) is 0 Å². The number of hydrogen-bond acceptors (Lipinski definition) is 5. The molecule has 0 spiro atoms. The van der Waals surface area contributed by atoms with E-state index in [4.69, 9.17) is 22.1 Å². The third-order valence-corrected chi connectivity index (χ3v) is 1.95. The Balaban J connectivity index is 2.84. The fourth-order valence-corrected chi connectivity index (χ4v) is 1.03. The number of ether oxygens (including phenoxy) is 1. The predicted molar refractivity (Wildman–Crippen MR) is 52.1 cm³/mol. The monoisotopic (exact) mass is 255 g/mol. The van der Waals surface area contributed by atoms with E-state index < -0.39 is 16.8 Å². The van der Waals surface area contributed by atoms with E-state index in [-0.39, 0.29) is 12.4 Å². The summed E-state index contributed by atoms with van der Waals surface area (Å²) in [5.74, 6) is -1.05. The van der Waals surface area contributed by atoms with E-state index in [0.717, 1.165) is 0 Å². The SMILES string of the molecule is CCOCC(C)(N)c1noc(C(F)(F)Cl)n1. The molecular weight excluding hydrogens is 244 g/mol. The Morgan fingerprint density at radius 1 is 1.56 bits per heavy atom. The van der Waals surface area contributed by atoms with Crippen LogP contribution in [-0.2, 0) is 15.7 Å². The Labute approximate surface area is 95.9 Å². The second-order valence-electron chi connectivity index (χ2n) is 3.48. The maximum Gasteiger partial charge on any atom is 0.400 e. The molecule has 0 amide bonds. The molecule has 1 unspecified atom stereocenters. The van der Waals surface area contributed by atoms with Crippen molar-refractivity contribution in [3.8, 4) is 0 Å². The van der Waals surface area contributed by atoms with Crippen LogP contribution in [0.15, 0.2) is 4.52 Å². The van der Waals surface area contributed by atoms with Crippen molar-refractivity contribution in [2.75, 3.05) is 13.2 Å². The first-order valence-corrected chi connectivity index (χ1v) is 4.93. The average Bonchev–Trinajstić information content (AvgIpc) is 2.63. The van der Waals surface area contributed by atoms with Gasteiger partial charge in [-0.1, -0.05) is 5.16 Å². The lowest BCUT2D eigenvalue weighted by Crippen LogP contribution is -2.39. The molecule has 0 fully saturated rings. The molecule has 0 aliphatic rings. The van der Waals surface area contributed by atoms with Gasteiger partial charge in [0.1, 0.15) is 5.54 Å². The van der Waals surface area contributed by atoms with E-state index in [1.165, 1.54) is 0 Å². The lowest BCUT2D eigenvalue weighted by Gasteiger charge is -2.19. The van der Waals surface area contributed by atoms with Gasteiger partial charge in [-0.05, 0) is 25.4 Å². The lowest BCUT2D eigenvalue weighted by molar-refractivity contribution is 0.0550. The molecule has 1 aromatic rings. The highest BCUT2D eigenvalue weighted by atomic mass is 35.5. The van der Waals surface area contributed by atoms with Crippen LogP contribution in [0.1, 0.15) is 25.6 Å². The minimum Gasteiger partial charge on any atom is -0.379 e. The van der Waals surface area contributed by atoms with Gasteiger partial charge in [0.05, 0.1) is 6.61 Å². The third kappa shape index (κ3) is 3.10. The van der Waals surface area contributed by atoms with Crippen molar-refractivity contribution in [1.29, 1.82) is 0 Å². The normalized spacial score (nSPS) is 16.1. The third-order valence-electron chi connectivity index (χ3n) is 1.79. The molecule has 1 atom stereocenters. The maximum absolute atomic E-state index is 12.6. The number of nitrogens with two attached hydrogens (primary N) is 1. The highest BCUT2D eigenvalue weighted by molar-refractivity contribution is 6.21. The molecule has 5 nitrogen and oxygen atoms in total. The minimum absolute atomic E-state index is 0.0729. The zero-order valence-corrected chi connectivity index (χ0v) is 9.59. The summed E-state index contributed by atoms with van der Waals surface area (Å²) in [5, 5.41) is -0.336. The van der Waals surface area contributed by atoms with Crippen LogP contribution in [-0.4, -0.2) is 23.4 Å². The number of nitrogens with zero attached hydrogens (tertiary/aromatic N) is 2. The maximum atomic E-state index is 12.6. The van der Waals surface area contributed by atoms with Crippen molar-refractivity contribution in [2.45, 2.75) is 24.8 Å². The van der Waals surface area contributed by atoms with Crippen LogP contribution < -0.4 is 5.73 Å². The summed E-state index contributed by atoms with van der Waals surface area (Å²) in [6.45, 7) is 3.87. The number of hydrogen-bond donors (Lipinski definition) is 1. The highest BCUT2D eigenvalue weighted by Gasteiger charge is 2.38. The zero-order valence-electron chi connectivity index (χ0n) is 8.84. The molecule has 0 radical (unpaired) electrons. The van der Waals surface area contributed by atoms with Crippen molar-refractivity contribution in [3.05, 3.63) is 11.7 Å². The summed E-state index contributed by atoms with van der Waals surface area (Å²) in [5.41, 5.74) is 4.69. The summed E-state index contributed by atoms with van der Waals surface area (Å²) in [4.78, 5) is 3.44. The van der Waals surface area contributed by atoms with Gasteiger partial charge >= 0.3 is 11.3 Å². The Hall–Kier alpha value is -0.790. The van der Waals surface area contributed by atoms with Gasteiger partial charge in [-0.2, -0.15) is 13.8 Å². The van der Waals surface area contributed by atoms with E-state index >= 15 is 0 Å². The molecule has 0 aliphatic heterocycles. The van der Waals surface area contributed by atoms with E-state index in [1.54, 1.807) is 13.8 Å². The van der Waals surface area contributed by atoms with Gasteiger partial charge in [0.25, 0.3) is 0 Å². The fraction of sp³-hybridized carbons (Fsp3) is 0.750. The molecule has 0 aromatic carbocycles. The molecule has 2 N–H and O–H groups in total. The molecule has 0 saturated carbocycles. The van der Waals surface area contributed by atoms with Crippen LogP contribution in [0.3, 0.4) is 0 Å². The summed E-state index contributed by atoms with van der Waals surface area (Å²) in [6, 6.07) is 0. The van der Waals surface area contributed by atoms with Crippen LogP contribution in [0.4, 0.5) is 8.78 Å². The van der Waals surface area contributed by atoms with E-state index in [1.807, 2.05) is 0 Å². The molecule has 1 rings (SSSR count). The van der Waals surface area contributed by atoms with Crippen LogP contribution in [0.5, 0.6) is 0 Å². The first kappa shape index (κ1) is 13.3. The number of aromatic nitrogens is 2. The van der Waals surface area contributed by atoms with Crippen LogP contribution in [0.2, 0.25) is 0 Å². The largest absolute Gasteiger partial charge is 0.400 e. The molecule has 92 valence electrons. The number of halogens is 3. The van der Waals surface area contributed by atoms with Crippen molar-refractivity contribution in [2.24, 2.45) is 5.73 Å². The van der Waals surface area contributed by atoms with Gasteiger partial charge in [-0.25, -0.2) is 0 Å². The quantitative estimate of drug-likeness (QED) is 0.809. The lowest BCUT2D eigenvalue weighted by atomic mass is 10.1.